The Labute approximate surface area is 83.1 Å². The van der Waals surface area contributed by atoms with Crippen LogP contribution in [0.2, 0.25) is 0 Å². The molecule has 3 nitrogen and oxygen atoms in total. The van der Waals surface area contributed by atoms with E-state index in [1.807, 2.05) is 13.0 Å². The van der Waals surface area contributed by atoms with Gasteiger partial charge in [0.05, 0.1) is 0 Å². The molecule has 1 saturated heterocycles. The van der Waals surface area contributed by atoms with Gasteiger partial charge in [-0.15, -0.1) is 0 Å². The SMILES string of the molecule is C=C1CN(c2ncc(C=O)cc2C)C1. The summed E-state index contributed by atoms with van der Waals surface area (Å²) >= 11 is 0. The summed E-state index contributed by atoms with van der Waals surface area (Å²) in [6, 6.07) is 1.86. The molecule has 1 aliphatic rings. The number of hydrogen-bond donors (Lipinski definition) is 0. The van der Waals surface area contributed by atoms with Gasteiger partial charge in [0.15, 0.2) is 6.29 Å². The summed E-state index contributed by atoms with van der Waals surface area (Å²) in [4.78, 5) is 16.9. The summed E-state index contributed by atoms with van der Waals surface area (Å²) < 4.78 is 0. The minimum Gasteiger partial charge on any atom is -0.348 e. The molecule has 0 saturated carbocycles. The molecule has 0 aromatic carbocycles. The van der Waals surface area contributed by atoms with Crippen LogP contribution in [0.15, 0.2) is 24.4 Å². The van der Waals surface area contributed by atoms with Crippen LogP contribution in [0, 0.1) is 6.92 Å². The Morgan fingerprint density at radius 3 is 2.79 bits per heavy atom. The third kappa shape index (κ3) is 1.41. The van der Waals surface area contributed by atoms with Crippen LogP contribution >= 0.6 is 0 Å². The third-order valence-electron chi connectivity index (χ3n) is 2.34. The molecule has 0 spiro atoms. The van der Waals surface area contributed by atoms with E-state index in [1.165, 1.54) is 5.57 Å². The molecule has 3 heteroatoms. The second-order valence-corrected chi connectivity index (χ2v) is 3.63. The number of anilines is 1. The Bertz CT molecular complexity index is 390. The molecule has 0 unspecified atom stereocenters. The molecule has 2 rings (SSSR count). The summed E-state index contributed by atoms with van der Waals surface area (Å²) in [5.74, 6) is 0.961. The highest BCUT2D eigenvalue weighted by atomic mass is 16.1. The van der Waals surface area contributed by atoms with Gasteiger partial charge in [-0.3, -0.25) is 4.79 Å². The fourth-order valence-electron chi connectivity index (χ4n) is 1.63. The number of rotatable bonds is 2. The number of aldehydes is 1. The van der Waals surface area contributed by atoms with Gasteiger partial charge in [0.2, 0.25) is 0 Å². The lowest BCUT2D eigenvalue weighted by molar-refractivity contribution is 0.112. The number of aromatic nitrogens is 1. The highest BCUT2D eigenvalue weighted by molar-refractivity contribution is 5.75. The lowest BCUT2D eigenvalue weighted by atomic mass is 10.1. The number of carbonyl (C=O) groups excluding carboxylic acids is 1. The first-order valence-corrected chi connectivity index (χ1v) is 4.54. The number of hydrogen-bond acceptors (Lipinski definition) is 3. The van der Waals surface area contributed by atoms with Crippen LogP contribution in [0.25, 0.3) is 0 Å². The second-order valence-electron chi connectivity index (χ2n) is 3.63. The van der Waals surface area contributed by atoms with Crippen molar-refractivity contribution >= 4 is 12.1 Å². The largest absolute Gasteiger partial charge is 0.348 e. The van der Waals surface area contributed by atoms with Gasteiger partial charge in [-0.25, -0.2) is 4.98 Å². The first-order valence-electron chi connectivity index (χ1n) is 4.54. The van der Waals surface area contributed by atoms with Gasteiger partial charge in [-0.05, 0) is 24.1 Å². The number of carbonyl (C=O) groups is 1. The van der Waals surface area contributed by atoms with Crippen LogP contribution in [0.3, 0.4) is 0 Å². The highest BCUT2D eigenvalue weighted by Gasteiger charge is 2.20. The van der Waals surface area contributed by atoms with Crippen molar-refractivity contribution in [1.29, 1.82) is 0 Å². The molecule has 0 bridgehead atoms. The number of pyridine rings is 1. The molecule has 0 N–H and O–H groups in total. The highest BCUT2D eigenvalue weighted by Crippen LogP contribution is 2.24. The number of nitrogens with zero attached hydrogens (tertiary/aromatic N) is 2. The maximum atomic E-state index is 10.5. The van der Waals surface area contributed by atoms with Gasteiger partial charge in [-0.2, -0.15) is 0 Å². The van der Waals surface area contributed by atoms with Gasteiger partial charge < -0.3 is 4.90 Å². The van der Waals surface area contributed by atoms with E-state index in [1.54, 1.807) is 6.20 Å². The summed E-state index contributed by atoms with van der Waals surface area (Å²) in [5, 5.41) is 0. The fourth-order valence-corrected chi connectivity index (χ4v) is 1.63. The van der Waals surface area contributed by atoms with Crippen LogP contribution in [-0.2, 0) is 0 Å². The van der Waals surface area contributed by atoms with E-state index < -0.39 is 0 Å². The monoisotopic (exact) mass is 188 g/mol. The summed E-state index contributed by atoms with van der Waals surface area (Å²) in [5.41, 5.74) is 2.90. The number of aryl methyl sites for hydroxylation is 1. The molecule has 0 amide bonds. The van der Waals surface area contributed by atoms with E-state index in [-0.39, 0.29) is 0 Å². The van der Waals surface area contributed by atoms with Crippen molar-refractivity contribution in [1.82, 2.24) is 4.98 Å². The van der Waals surface area contributed by atoms with Gasteiger partial charge in [0.25, 0.3) is 0 Å². The quantitative estimate of drug-likeness (QED) is 0.522. The molecule has 0 aliphatic carbocycles. The molecule has 1 aliphatic heterocycles. The topological polar surface area (TPSA) is 33.2 Å². The van der Waals surface area contributed by atoms with Gasteiger partial charge in [-0.1, -0.05) is 6.58 Å². The standard InChI is InChI=1S/C11H12N2O/c1-8-5-13(6-8)11-9(2)3-10(7-14)4-12-11/h3-4,7H,1,5-6H2,2H3. The Kier molecular flexibility index (Phi) is 2.08. The lowest BCUT2D eigenvalue weighted by Gasteiger charge is -2.35. The molecule has 1 aromatic heterocycles. The molecule has 1 aromatic rings. The average Bonchev–Trinajstić information content (AvgIpc) is 2.13. The second kappa shape index (κ2) is 3.25. The van der Waals surface area contributed by atoms with E-state index in [0.717, 1.165) is 30.8 Å². The van der Waals surface area contributed by atoms with E-state index in [9.17, 15) is 4.79 Å². The van der Waals surface area contributed by atoms with Crippen molar-refractivity contribution in [2.24, 2.45) is 0 Å². The third-order valence-corrected chi connectivity index (χ3v) is 2.34. The van der Waals surface area contributed by atoms with Crippen molar-refractivity contribution in [3.8, 4) is 0 Å². The van der Waals surface area contributed by atoms with E-state index in [0.29, 0.717) is 5.56 Å². The minimum absolute atomic E-state index is 0.630. The smallest absolute Gasteiger partial charge is 0.151 e. The van der Waals surface area contributed by atoms with Gasteiger partial charge in [0, 0.05) is 24.8 Å². The van der Waals surface area contributed by atoms with E-state index in [2.05, 4.69) is 16.5 Å². The molecular weight excluding hydrogens is 176 g/mol. The fraction of sp³-hybridized carbons (Fsp3) is 0.273. The predicted octanol–water partition coefficient (Wildman–Crippen LogP) is 1.58. The first-order chi connectivity index (χ1) is 6.70. The van der Waals surface area contributed by atoms with Crippen molar-refractivity contribution in [2.45, 2.75) is 6.92 Å². The van der Waals surface area contributed by atoms with Crippen molar-refractivity contribution in [3.05, 3.63) is 35.5 Å². The van der Waals surface area contributed by atoms with Crippen molar-refractivity contribution in [2.75, 3.05) is 18.0 Å². The molecule has 14 heavy (non-hydrogen) atoms. The Morgan fingerprint density at radius 2 is 2.29 bits per heavy atom. The molecule has 0 atom stereocenters. The molecule has 1 fully saturated rings. The summed E-state index contributed by atoms with van der Waals surface area (Å²) in [7, 11) is 0. The Balaban J connectivity index is 2.26. The molecule has 72 valence electrons. The molecular formula is C11H12N2O. The Morgan fingerprint density at radius 1 is 1.57 bits per heavy atom. The minimum atomic E-state index is 0.630. The van der Waals surface area contributed by atoms with E-state index in [4.69, 9.17) is 0 Å². The van der Waals surface area contributed by atoms with Crippen LogP contribution < -0.4 is 4.90 Å². The van der Waals surface area contributed by atoms with E-state index >= 15 is 0 Å². The first kappa shape index (κ1) is 8.94. The van der Waals surface area contributed by atoms with Crippen LogP contribution in [0.5, 0.6) is 0 Å². The normalized spacial score (nSPS) is 15.2. The zero-order valence-electron chi connectivity index (χ0n) is 8.16. The van der Waals surface area contributed by atoms with Crippen LogP contribution in [-0.4, -0.2) is 24.4 Å². The summed E-state index contributed by atoms with van der Waals surface area (Å²) in [6.45, 7) is 7.61. The molecule has 0 radical (unpaired) electrons. The maximum Gasteiger partial charge on any atom is 0.151 e. The predicted molar refractivity (Wildman–Crippen MR) is 55.7 cm³/mol. The zero-order chi connectivity index (χ0) is 10.1. The zero-order valence-corrected chi connectivity index (χ0v) is 8.16. The molecule has 2 heterocycles. The van der Waals surface area contributed by atoms with Gasteiger partial charge in [0.1, 0.15) is 5.82 Å². The van der Waals surface area contributed by atoms with Crippen molar-refractivity contribution < 1.29 is 4.79 Å². The summed E-state index contributed by atoms with van der Waals surface area (Å²) in [6.07, 6.45) is 2.43. The van der Waals surface area contributed by atoms with Gasteiger partial charge >= 0.3 is 0 Å². The maximum absolute atomic E-state index is 10.5. The lowest BCUT2D eigenvalue weighted by Crippen LogP contribution is -2.40. The van der Waals surface area contributed by atoms with Crippen LogP contribution in [0.4, 0.5) is 5.82 Å². The van der Waals surface area contributed by atoms with Crippen molar-refractivity contribution in [3.63, 3.8) is 0 Å². The van der Waals surface area contributed by atoms with Crippen LogP contribution in [0.1, 0.15) is 15.9 Å². The Hall–Kier alpha value is -1.64. The average molecular weight is 188 g/mol.